The standard InChI is InChI=1S/C24H23N5O8S.C2H4O2/c1-36-14-8-5-12(9-15(14)37-2)25-17(31)10-16-20(32)29-24(38-16)26-19(11-3-6-13(30)7-4-11)18-21(33)27-23(35)28-22(18)34;1-2(3)4/h3-9,16,19,30H,10H2,1-2H3,(H,25,31)(H,26,29,32)(H3,27,28,33,34,35);1H3,(H,3,4). The number of carboxylic acids is 1. The van der Waals surface area contributed by atoms with Crippen LogP contribution >= 0.6 is 11.8 Å². The minimum Gasteiger partial charge on any atom is -0.508 e. The van der Waals surface area contributed by atoms with Gasteiger partial charge >= 0.3 is 5.69 Å². The topological polar surface area (TPSA) is 232 Å². The summed E-state index contributed by atoms with van der Waals surface area (Å²) in [5, 5.41) is 31.9. The number of rotatable bonds is 8. The molecule has 2 aromatic carbocycles. The van der Waals surface area contributed by atoms with Crippen molar-refractivity contribution < 1.29 is 39.2 Å². The van der Waals surface area contributed by atoms with Gasteiger partial charge in [-0.1, -0.05) is 23.9 Å². The summed E-state index contributed by atoms with van der Waals surface area (Å²) in [6.45, 7) is 1.08. The number of H-pyrrole nitrogens is 2. The van der Waals surface area contributed by atoms with E-state index in [4.69, 9.17) is 19.4 Å². The fourth-order valence-corrected chi connectivity index (χ4v) is 4.71. The molecule has 1 aliphatic rings. The number of hydrogen-bond donors (Lipinski definition) is 7. The molecule has 2 atom stereocenters. The fraction of sp³-hybridized carbons (Fsp3) is 0.231. The number of carboxylic acid groups (broad SMARTS) is 1. The number of phenolic OH excluding ortho intramolecular Hbond substituents is 1. The fourth-order valence-electron chi connectivity index (χ4n) is 3.71. The number of ether oxygens (including phenoxy) is 2. The first-order valence-corrected chi connectivity index (χ1v) is 12.9. The Labute approximate surface area is 241 Å². The predicted octanol–water partition coefficient (Wildman–Crippen LogP) is 1.29. The minimum absolute atomic E-state index is 0.0381. The average Bonchev–Trinajstić information content (AvgIpc) is 3.25. The quantitative estimate of drug-likeness (QED) is 0.194. The summed E-state index contributed by atoms with van der Waals surface area (Å²) in [5.41, 5.74) is -1.23. The van der Waals surface area contributed by atoms with E-state index in [1.165, 1.54) is 38.5 Å². The molecule has 2 amide bonds. The van der Waals surface area contributed by atoms with Crippen LogP contribution in [0.25, 0.3) is 0 Å². The number of nitrogens with one attached hydrogen (secondary N) is 4. The van der Waals surface area contributed by atoms with Gasteiger partial charge in [0.2, 0.25) is 17.7 Å². The summed E-state index contributed by atoms with van der Waals surface area (Å²) in [7, 11) is 2.96. The molecular formula is C26H27N5O10S. The summed E-state index contributed by atoms with van der Waals surface area (Å²) < 4.78 is 10.4. The van der Waals surface area contributed by atoms with Crippen LogP contribution in [-0.2, 0) is 14.4 Å². The number of phenols is 1. The van der Waals surface area contributed by atoms with Gasteiger partial charge in [0.15, 0.2) is 16.7 Å². The lowest BCUT2D eigenvalue weighted by atomic mass is 10.0. The molecule has 2 unspecified atom stereocenters. The van der Waals surface area contributed by atoms with Crippen LogP contribution < -0.4 is 31.4 Å². The van der Waals surface area contributed by atoms with Crippen LogP contribution in [0.15, 0.2) is 57.0 Å². The van der Waals surface area contributed by atoms with E-state index in [0.29, 0.717) is 22.7 Å². The monoisotopic (exact) mass is 601 g/mol. The number of thioether (sulfide) groups is 1. The van der Waals surface area contributed by atoms with Crippen molar-refractivity contribution in [2.75, 3.05) is 19.5 Å². The van der Waals surface area contributed by atoms with Gasteiger partial charge in [-0.25, -0.2) is 9.79 Å². The van der Waals surface area contributed by atoms with Gasteiger partial charge in [-0.3, -0.25) is 29.1 Å². The van der Waals surface area contributed by atoms with Gasteiger partial charge in [-0.15, -0.1) is 0 Å². The second-order valence-electron chi connectivity index (χ2n) is 8.54. The SMILES string of the molecule is CC(=O)O.COc1ccc(NC(=O)CC2SC(=NC(c3ccc(O)cc3)c3c(O)[nH]c(=O)[nH]c3=O)NC2=O)cc1OC. The van der Waals surface area contributed by atoms with E-state index in [9.17, 15) is 29.4 Å². The molecule has 1 fully saturated rings. The minimum atomic E-state index is -1.15. The van der Waals surface area contributed by atoms with Crippen molar-refractivity contribution in [3.8, 4) is 23.1 Å². The highest BCUT2D eigenvalue weighted by molar-refractivity contribution is 8.15. The smallest absolute Gasteiger partial charge is 0.328 e. The van der Waals surface area contributed by atoms with Crippen LogP contribution in [0.2, 0.25) is 0 Å². The van der Waals surface area contributed by atoms with E-state index in [2.05, 4.69) is 20.6 Å². The molecular weight excluding hydrogens is 574 g/mol. The number of aliphatic imine (C=N–C) groups is 1. The van der Waals surface area contributed by atoms with Crippen LogP contribution in [0, 0.1) is 0 Å². The number of nitrogens with zero attached hydrogens (tertiary/aromatic N) is 1. The second kappa shape index (κ2) is 13.9. The van der Waals surface area contributed by atoms with Gasteiger partial charge in [0.05, 0.1) is 14.2 Å². The lowest BCUT2D eigenvalue weighted by molar-refractivity contribution is -0.134. The van der Waals surface area contributed by atoms with Crippen LogP contribution in [0.1, 0.15) is 30.5 Å². The van der Waals surface area contributed by atoms with E-state index in [-0.39, 0.29) is 22.9 Å². The number of aromatic amines is 2. The highest BCUT2D eigenvalue weighted by Gasteiger charge is 2.34. The molecule has 42 heavy (non-hydrogen) atoms. The van der Waals surface area contributed by atoms with Gasteiger partial charge in [-0.2, -0.15) is 0 Å². The molecule has 7 N–H and O–H groups in total. The number of aromatic hydroxyl groups is 2. The molecule has 0 saturated carbocycles. The Hall–Kier alpha value is -5.25. The number of hydrogen-bond acceptors (Lipinski definition) is 11. The number of benzene rings is 2. The molecule has 222 valence electrons. The maximum Gasteiger partial charge on any atom is 0.328 e. The lowest BCUT2D eigenvalue weighted by Gasteiger charge is -2.14. The summed E-state index contributed by atoms with van der Waals surface area (Å²) >= 11 is 0.976. The molecule has 0 radical (unpaired) electrons. The zero-order chi connectivity index (χ0) is 31.0. The molecule has 1 aromatic heterocycles. The van der Waals surface area contributed by atoms with Gasteiger partial charge in [-0.05, 0) is 29.8 Å². The third-order valence-electron chi connectivity index (χ3n) is 5.50. The number of amidine groups is 1. The Morgan fingerprint density at radius 3 is 2.26 bits per heavy atom. The summed E-state index contributed by atoms with van der Waals surface area (Å²) in [4.78, 5) is 66.9. The molecule has 2 heterocycles. The number of carbonyl (C=O) groups excluding carboxylic acids is 2. The Morgan fingerprint density at radius 1 is 1.02 bits per heavy atom. The number of carbonyl (C=O) groups is 3. The Bertz CT molecular complexity index is 1610. The zero-order valence-electron chi connectivity index (χ0n) is 22.5. The molecule has 1 saturated heterocycles. The molecule has 0 bridgehead atoms. The summed E-state index contributed by atoms with van der Waals surface area (Å²) in [6.07, 6.45) is -0.182. The van der Waals surface area contributed by atoms with E-state index in [1.807, 2.05) is 4.98 Å². The van der Waals surface area contributed by atoms with Crippen LogP contribution in [0.3, 0.4) is 0 Å². The van der Waals surface area contributed by atoms with Crippen molar-refractivity contribution in [2.45, 2.75) is 24.6 Å². The van der Waals surface area contributed by atoms with Crippen LogP contribution in [0.5, 0.6) is 23.1 Å². The van der Waals surface area contributed by atoms with Crippen LogP contribution in [0.4, 0.5) is 5.69 Å². The van der Waals surface area contributed by atoms with Gasteiger partial charge < -0.3 is 35.4 Å². The highest BCUT2D eigenvalue weighted by Crippen LogP contribution is 2.33. The normalized spacial score (nSPS) is 15.6. The molecule has 16 heteroatoms. The van der Waals surface area contributed by atoms with Crippen molar-refractivity contribution in [1.29, 1.82) is 0 Å². The van der Waals surface area contributed by atoms with Gasteiger partial charge in [0, 0.05) is 25.1 Å². The molecule has 15 nitrogen and oxygen atoms in total. The number of amides is 2. The van der Waals surface area contributed by atoms with Crippen molar-refractivity contribution in [3.63, 3.8) is 0 Å². The van der Waals surface area contributed by atoms with E-state index in [1.54, 1.807) is 18.2 Å². The van der Waals surface area contributed by atoms with Crippen molar-refractivity contribution in [3.05, 3.63) is 74.4 Å². The number of aliphatic carboxylic acids is 1. The Kier molecular flexibility index (Phi) is 10.3. The molecule has 0 spiro atoms. The van der Waals surface area contributed by atoms with E-state index < -0.39 is 46.2 Å². The average molecular weight is 602 g/mol. The lowest BCUT2D eigenvalue weighted by Crippen LogP contribution is -2.29. The zero-order valence-corrected chi connectivity index (χ0v) is 23.3. The Balaban J connectivity index is 0.00000114. The summed E-state index contributed by atoms with van der Waals surface area (Å²) in [5.74, 6) is -1.55. The van der Waals surface area contributed by atoms with Crippen molar-refractivity contribution in [2.24, 2.45) is 4.99 Å². The van der Waals surface area contributed by atoms with Crippen LogP contribution in [-0.4, -0.2) is 67.7 Å². The first-order valence-electron chi connectivity index (χ1n) is 12.0. The van der Waals surface area contributed by atoms with Gasteiger partial charge in [0.25, 0.3) is 11.5 Å². The first-order chi connectivity index (χ1) is 19.9. The summed E-state index contributed by atoms with van der Waals surface area (Å²) in [6, 6.07) is 9.37. The third-order valence-corrected chi connectivity index (χ3v) is 6.60. The number of methoxy groups -OCH3 is 2. The second-order valence-corrected chi connectivity index (χ2v) is 9.73. The van der Waals surface area contributed by atoms with Crippen molar-refractivity contribution in [1.82, 2.24) is 15.3 Å². The third kappa shape index (κ3) is 8.14. The molecule has 4 rings (SSSR count). The molecule has 0 aliphatic carbocycles. The van der Waals surface area contributed by atoms with E-state index in [0.717, 1.165) is 18.7 Å². The number of anilines is 1. The van der Waals surface area contributed by atoms with Gasteiger partial charge in [0.1, 0.15) is 22.6 Å². The predicted molar refractivity (Wildman–Crippen MR) is 152 cm³/mol. The van der Waals surface area contributed by atoms with Crippen molar-refractivity contribution >= 4 is 40.4 Å². The maximum atomic E-state index is 12.6. The Morgan fingerprint density at radius 2 is 1.67 bits per heavy atom. The van der Waals surface area contributed by atoms with E-state index >= 15 is 0 Å². The largest absolute Gasteiger partial charge is 0.508 e. The first kappa shape index (κ1) is 31.3. The maximum absolute atomic E-state index is 12.6. The molecule has 3 aromatic rings. The number of aromatic nitrogens is 2. The molecule has 1 aliphatic heterocycles. The highest BCUT2D eigenvalue weighted by atomic mass is 32.2.